The number of hydrogen-bond donors (Lipinski definition) is 0. The molecule has 0 aliphatic carbocycles. The van der Waals surface area contributed by atoms with Gasteiger partial charge in [0, 0.05) is 24.1 Å². The van der Waals surface area contributed by atoms with Crippen LogP contribution in [0.5, 0.6) is 0 Å². The molecule has 2 heterocycles. The predicted octanol–water partition coefficient (Wildman–Crippen LogP) is 4.43. The van der Waals surface area contributed by atoms with Crippen LogP contribution in [0.4, 0.5) is 0 Å². The number of halogens is 2. The molecule has 2 aromatic carbocycles. The van der Waals surface area contributed by atoms with E-state index >= 15 is 0 Å². The topological polar surface area (TPSA) is 35.6 Å². The van der Waals surface area contributed by atoms with Crippen molar-refractivity contribution in [2.75, 3.05) is 0 Å². The monoisotopic (exact) mass is 330 g/mol. The number of fused-ring (bicyclic) bond motifs is 2. The molecule has 0 atom stereocenters. The van der Waals surface area contributed by atoms with E-state index in [0.29, 0.717) is 10.0 Å². The SMILES string of the molecule is Cn1c(-c2nc3cc(Cl)ccc3n2C)nc2cc(Cl)ccc21. The fourth-order valence-corrected chi connectivity index (χ4v) is 3.08. The van der Waals surface area contributed by atoms with Crippen molar-refractivity contribution < 1.29 is 0 Å². The summed E-state index contributed by atoms with van der Waals surface area (Å²) in [6.45, 7) is 0. The van der Waals surface area contributed by atoms with Crippen LogP contribution in [-0.4, -0.2) is 19.1 Å². The first-order valence-electron chi connectivity index (χ1n) is 6.79. The largest absolute Gasteiger partial charge is 0.324 e. The summed E-state index contributed by atoms with van der Waals surface area (Å²) < 4.78 is 4.04. The maximum absolute atomic E-state index is 6.05. The van der Waals surface area contributed by atoms with Crippen LogP contribution >= 0.6 is 23.2 Å². The fraction of sp³-hybridized carbons (Fsp3) is 0.125. The van der Waals surface area contributed by atoms with E-state index in [-0.39, 0.29) is 0 Å². The van der Waals surface area contributed by atoms with Crippen LogP contribution in [-0.2, 0) is 14.1 Å². The van der Waals surface area contributed by atoms with Crippen LogP contribution < -0.4 is 0 Å². The van der Waals surface area contributed by atoms with Crippen LogP contribution in [0.1, 0.15) is 0 Å². The molecule has 4 rings (SSSR count). The number of nitrogens with zero attached hydrogens (tertiary/aromatic N) is 4. The number of rotatable bonds is 1. The highest BCUT2D eigenvalue weighted by molar-refractivity contribution is 6.31. The van der Waals surface area contributed by atoms with Crippen molar-refractivity contribution in [3.63, 3.8) is 0 Å². The van der Waals surface area contributed by atoms with Crippen LogP contribution in [0, 0.1) is 0 Å². The van der Waals surface area contributed by atoms with Crippen molar-refractivity contribution in [1.82, 2.24) is 19.1 Å². The summed E-state index contributed by atoms with van der Waals surface area (Å²) in [7, 11) is 3.95. The summed E-state index contributed by atoms with van der Waals surface area (Å²) >= 11 is 12.1. The highest BCUT2D eigenvalue weighted by Crippen LogP contribution is 2.28. The minimum absolute atomic E-state index is 0.675. The standard InChI is InChI=1S/C16H12Cl2N4/c1-21-13-5-3-9(17)7-11(13)19-15(21)16-20-12-8-10(18)4-6-14(12)22(16)2/h3-8H,1-2H3. The summed E-state index contributed by atoms with van der Waals surface area (Å²) in [5.74, 6) is 1.60. The highest BCUT2D eigenvalue weighted by atomic mass is 35.5. The Morgan fingerprint density at radius 2 is 1.14 bits per heavy atom. The highest BCUT2D eigenvalue weighted by Gasteiger charge is 2.16. The summed E-state index contributed by atoms with van der Waals surface area (Å²) in [6, 6.07) is 11.4. The first-order chi connectivity index (χ1) is 10.5. The molecule has 0 aliphatic heterocycles. The molecular weight excluding hydrogens is 319 g/mol. The zero-order chi connectivity index (χ0) is 15.4. The summed E-state index contributed by atoms with van der Waals surface area (Å²) in [5.41, 5.74) is 3.75. The van der Waals surface area contributed by atoms with E-state index < -0.39 is 0 Å². The maximum Gasteiger partial charge on any atom is 0.177 e. The van der Waals surface area contributed by atoms with Gasteiger partial charge in [0.15, 0.2) is 11.6 Å². The molecule has 4 aromatic rings. The van der Waals surface area contributed by atoms with E-state index in [1.165, 1.54) is 0 Å². The lowest BCUT2D eigenvalue weighted by atomic mass is 10.3. The van der Waals surface area contributed by atoms with E-state index in [4.69, 9.17) is 23.2 Å². The molecule has 0 fully saturated rings. The molecular formula is C16H12Cl2N4. The van der Waals surface area contributed by atoms with Gasteiger partial charge in [0.05, 0.1) is 22.1 Å². The Hall–Kier alpha value is -2.04. The van der Waals surface area contributed by atoms with Gasteiger partial charge < -0.3 is 9.13 Å². The van der Waals surface area contributed by atoms with Gasteiger partial charge >= 0.3 is 0 Å². The van der Waals surface area contributed by atoms with Gasteiger partial charge in [-0.3, -0.25) is 0 Å². The van der Waals surface area contributed by atoms with Crippen LogP contribution in [0.2, 0.25) is 10.0 Å². The maximum atomic E-state index is 6.05. The van der Waals surface area contributed by atoms with E-state index in [2.05, 4.69) is 9.97 Å². The number of aromatic nitrogens is 4. The Morgan fingerprint density at radius 3 is 1.55 bits per heavy atom. The molecule has 110 valence electrons. The van der Waals surface area contributed by atoms with Crippen molar-refractivity contribution in [2.24, 2.45) is 14.1 Å². The second-order valence-corrected chi connectivity index (χ2v) is 6.13. The van der Waals surface area contributed by atoms with Gasteiger partial charge in [-0.2, -0.15) is 0 Å². The minimum atomic E-state index is 0.675. The molecule has 2 aromatic heterocycles. The Morgan fingerprint density at radius 1 is 0.727 bits per heavy atom. The molecule has 6 heteroatoms. The third-order valence-electron chi connectivity index (χ3n) is 3.89. The first-order valence-corrected chi connectivity index (χ1v) is 7.54. The van der Waals surface area contributed by atoms with Crippen molar-refractivity contribution >= 4 is 45.3 Å². The quantitative estimate of drug-likeness (QED) is 0.517. The molecule has 0 saturated carbocycles. The van der Waals surface area contributed by atoms with Crippen molar-refractivity contribution in [3.8, 4) is 11.6 Å². The van der Waals surface area contributed by atoms with Crippen molar-refractivity contribution in [2.45, 2.75) is 0 Å². The molecule has 0 radical (unpaired) electrons. The average Bonchev–Trinajstić information content (AvgIpc) is 2.96. The summed E-state index contributed by atoms with van der Waals surface area (Å²) in [4.78, 5) is 9.37. The van der Waals surface area contributed by atoms with Crippen molar-refractivity contribution in [3.05, 3.63) is 46.4 Å². The first kappa shape index (κ1) is 13.6. The number of aryl methyl sites for hydroxylation is 2. The summed E-state index contributed by atoms with van der Waals surface area (Å²) in [6.07, 6.45) is 0. The lowest BCUT2D eigenvalue weighted by Gasteiger charge is -2.02. The Labute approximate surface area is 136 Å². The molecule has 0 spiro atoms. The molecule has 4 nitrogen and oxygen atoms in total. The lowest BCUT2D eigenvalue weighted by molar-refractivity contribution is 0.890. The smallest absolute Gasteiger partial charge is 0.177 e. The second kappa shape index (κ2) is 4.73. The molecule has 0 saturated heterocycles. The number of hydrogen-bond acceptors (Lipinski definition) is 2. The predicted molar refractivity (Wildman–Crippen MR) is 90.4 cm³/mol. The van der Waals surface area contributed by atoms with E-state index in [9.17, 15) is 0 Å². The van der Waals surface area contributed by atoms with Gasteiger partial charge in [0.2, 0.25) is 0 Å². The van der Waals surface area contributed by atoms with E-state index in [1.807, 2.05) is 59.6 Å². The zero-order valence-corrected chi connectivity index (χ0v) is 13.5. The number of imidazole rings is 2. The fourth-order valence-electron chi connectivity index (χ4n) is 2.75. The Bertz CT molecular complexity index is 946. The Balaban J connectivity index is 2.02. The molecule has 0 N–H and O–H groups in total. The van der Waals surface area contributed by atoms with Gasteiger partial charge in [-0.25, -0.2) is 9.97 Å². The third kappa shape index (κ3) is 1.91. The molecule has 0 aliphatic rings. The van der Waals surface area contributed by atoms with E-state index in [0.717, 1.165) is 33.7 Å². The summed E-state index contributed by atoms with van der Waals surface area (Å²) in [5, 5.41) is 1.35. The lowest BCUT2D eigenvalue weighted by Crippen LogP contribution is -1.99. The Kier molecular flexibility index (Phi) is 2.93. The molecule has 0 bridgehead atoms. The molecule has 0 amide bonds. The average molecular weight is 331 g/mol. The molecule has 0 unspecified atom stereocenters. The number of benzene rings is 2. The van der Waals surface area contributed by atoms with Gasteiger partial charge in [-0.1, -0.05) is 23.2 Å². The normalized spacial score (nSPS) is 11.6. The van der Waals surface area contributed by atoms with E-state index in [1.54, 1.807) is 0 Å². The van der Waals surface area contributed by atoms with Gasteiger partial charge in [0.25, 0.3) is 0 Å². The van der Waals surface area contributed by atoms with Gasteiger partial charge in [0.1, 0.15) is 0 Å². The second-order valence-electron chi connectivity index (χ2n) is 5.25. The van der Waals surface area contributed by atoms with Crippen LogP contribution in [0.25, 0.3) is 33.7 Å². The molecule has 22 heavy (non-hydrogen) atoms. The van der Waals surface area contributed by atoms with Crippen molar-refractivity contribution in [1.29, 1.82) is 0 Å². The van der Waals surface area contributed by atoms with Gasteiger partial charge in [-0.15, -0.1) is 0 Å². The van der Waals surface area contributed by atoms with Crippen LogP contribution in [0.3, 0.4) is 0 Å². The third-order valence-corrected chi connectivity index (χ3v) is 4.36. The van der Waals surface area contributed by atoms with Gasteiger partial charge in [-0.05, 0) is 36.4 Å². The minimum Gasteiger partial charge on any atom is -0.324 e. The van der Waals surface area contributed by atoms with Crippen LogP contribution in [0.15, 0.2) is 36.4 Å². The zero-order valence-electron chi connectivity index (χ0n) is 12.0.